The number of rotatable bonds is 15. The van der Waals surface area contributed by atoms with Crippen LogP contribution in [0.25, 0.3) is 11.2 Å². The molecule has 1 aliphatic carbocycles. The van der Waals surface area contributed by atoms with Crippen LogP contribution in [-0.2, 0) is 9.53 Å². The second kappa shape index (κ2) is 13.5. The first-order valence-corrected chi connectivity index (χ1v) is 13.4. The molecule has 0 aliphatic heterocycles. The van der Waals surface area contributed by atoms with E-state index in [-0.39, 0.29) is 30.1 Å². The zero-order valence-electron chi connectivity index (χ0n) is 21.4. The number of halogens is 1. The number of aliphatic hydroxyl groups excluding tert-OH is 1. The molecule has 1 saturated carbocycles. The van der Waals surface area contributed by atoms with Gasteiger partial charge in [-0.25, -0.2) is 4.98 Å². The Morgan fingerprint density at radius 2 is 1.83 bits per heavy atom. The van der Waals surface area contributed by atoms with Gasteiger partial charge >= 0.3 is 12.0 Å². The van der Waals surface area contributed by atoms with Crippen molar-refractivity contribution < 1.29 is 19.0 Å². The summed E-state index contributed by atoms with van der Waals surface area (Å²) in [6.45, 7) is 2.18. The number of imidazole rings is 1. The van der Waals surface area contributed by atoms with Crippen molar-refractivity contribution in [3.8, 4) is 12.3 Å². The van der Waals surface area contributed by atoms with Gasteiger partial charge in [0.05, 0.1) is 17.8 Å². The van der Waals surface area contributed by atoms with Crippen molar-refractivity contribution in [2.24, 2.45) is 5.41 Å². The molecular weight excluding hydrogens is 461 g/mol. The van der Waals surface area contributed by atoms with Crippen molar-refractivity contribution in [3.63, 3.8) is 0 Å². The van der Waals surface area contributed by atoms with Crippen LogP contribution in [0.4, 0.5) is 10.2 Å². The van der Waals surface area contributed by atoms with Crippen LogP contribution in [0.1, 0.15) is 103 Å². The largest absolute Gasteiger partial charge is 0.464 e. The highest BCUT2D eigenvalue weighted by Crippen LogP contribution is 2.45. The normalized spacial score (nSPS) is 21.6. The van der Waals surface area contributed by atoms with Crippen LogP contribution >= 0.6 is 0 Å². The monoisotopic (exact) mass is 501 g/mol. The number of ether oxygens (including phenoxy) is 1. The van der Waals surface area contributed by atoms with Crippen LogP contribution in [0.2, 0.25) is 0 Å². The van der Waals surface area contributed by atoms with Crippen molar-refractivity contribution in [1.82, 2.24) is 19.5 Å². The Morgan fingerprint density at radius 3 is 2.47 bits per heavy atom. The molecule has 0 bridgehead atoms. The zero-order chi connectivity index (χ0) is 26.0. The van der Waals surface area contributed by atoms with Crippen molar-refractivity contribution in [3.05, 3.63) is 12.4 Å². The number of fused-ring (bicyclic) bond motifs is 1. The lowest BCUT2D eigenvalue weighted by Gasteiger charge is -2.26. The molecule has 3 N–H and O–H groups in total. The number of nitrogens with two attached hydrogens (primary N) is 1. The van der Waals surface area contributed by atoms with Gasteiger partial charge in [-0.3, -0.25) is 4.79 Å². The first-order chi connectivity index (χ1) is 17.4. The quantitative estimate of drug-likeness (QED) is 0.151. The molecule has 0 unspecified atom stereocenters. The van der Waals surface area contributed by atoms with Gasteiger partial charge in [0.2, 0.25) is 0 Å². The van der Waals surface area contributed by atoms with Crippen molar-refractivity contribution in [2.75, 3.05) is 12.3 Å². The van der Waals surface area contributed by atoms with E-state index in [1.807, 2.05) is 0 Å². The number of aromatic nitrogens is 4. The van der Waals surface area contributed by atoms with Gasteiger partial charge in [-0.05, 0) is 19.3 Å². The maximum Gasteiger partial charge on any atom is 0.312 e. The average Bonchev–Trinajstić information content (AvgIpc) is 3.42. The number of nitrogens with zero attached hydrogens (tertiary/aromatic N) is 4. The topological polar surface area (TPSA) is 116 Å². The molecule has 0 amide bonds. The molecule has 2 heterocycles. The number of nitrogen functional groups attached to an aromatic ring is 1. The molecule has 36 heavy (non-hydrogen) atoms. The minimum absolute atomic E-state index is 0.0469. The zero-order valence-corrected chi connectivity index (χ0v) is 21.4. The molecule has 3 rings (SSSR count). The molecule has 0 saturated heterocycles. The van der Waals surface area contributed by atoms with E-state index in [9.17, 15) is 14.3 Å². The number of hydrogen-bond donors (Lipinski definition) is 2. The maximum atomic E-state index is 13.7. The third-order valence-electron chi connectivity index (χ3n) is 7.31. The van der Waals surface area contributed by atoms with Gasteiger partial charge < -0.3 is 20.1 Å². The number of aliphatic hydroxyl groups is 1. The summed E-state index contributed by atoms with van der Waals surface area (Å²) < 4.78 is 20.9. The third kappa shape index (κ3) is 7.16. The first-order valence-electron chi connectivity index (χ1n) is 13.4. The summed E-state index contributed by atoms with van der Waals surface area (Å²) in [5, 5.41) is 10.8. The maximum absolute atomic E-state index is 13.7. The van der Waals surface area contributed by atoms with Crippen LogP contribution in [-0.4, -0.2) is 43.3 Å². The average molecular weight is 502 g/mol. The first kappa shape index (κ1) is 27.9. The SMILES string of the molecule is C#C[C@]1(COC(=O)CCCCCCCCCCCCC)C[C@@H](n2cnc3c(N)nc(F)nc32)C[C@@H]1O. The molecule has 2 aromatic heterocycles. The summed E-state index contributed by atoms with van der Waals surface area (Å²) in [5.41, 5.74) is 5.27. The smallest absolute Gasteiger partial charge is 0.312 e. The van der Waals surface area contributed by atoms with E-state index in [0.717, 1.165) is 19.3 Å². The summed E-state index contributed by atoms with van der Waals surface area (Å²) in [7, 11) is 0. The van der Waals surface area contributed by atoms with Crippen LogP contribution in [0.15, 0.2) is 6.33 Å². The number of terminal acetylenes is 1. The van der Waals surface area contributed by atoms with Crippen LogP contribution in [0.3, 0.4) is 0 Å². The van der Waals surface area contributed by atoms with E-state index in [1.54, 1.807) is 4.57 Å². The van der Waals surface area contributed by atoms with Crippen molar-refractivity contribution in [1.29, 1.82) is 0 Å². The summed E-state index contributed by atoms with van der Waals surface area (Å²) in [4.78, 5) is 23.8. The lowest BCUT2D eigenvalue weighted by Crippen LogP contribution is -2.34. The molecule has 1 aliphatic rings. The Morgan fingerprint density at radius 1 is 1.19 bits per heavy atom. The molecule has 0 spiro atoms. The van der Waals surface area contributed by atoms with Crippen LogP contribution in [0.5, 0.6) is 0 Å². The fraction of sp³-hybridized carbons (Fsp3) is 0.704. The van der Waals surface area contributed by atoms with E-state index < -0.39 is 17.6 Å². The van der Waals surface area contributed by atoms with E-state index in [4.69, 9.17) is 16.9 Å². The predicted molar refractivity (Wildman–Crippen MR) is 137 cm³/mol. The summed E-state index contributed by atoms with van der Waals surface area (Å²) in [5.74, 6) is 2.32. The van der Waals surface area contributed by atoms with Crippen LogP contribution < -0.4 is 5.73 Å². The molecule has 198 valence electrons. The second-order valence-electron chi connectivity index (χ2n) is 10.1. The van der Waals surface area contributed by atoms with E-state index in [1.165, 1.54) is 57.7 Å². The predicted octanol–water partition coefficient (Wildman–Crippen LogP) is 5.11. The lowest BCUT2D eigenvalue weighted by atomic mass is 9.86. The standard InChI is InChI=1S/C27H40FN5O3/c1-3-5-6-7-8-9-10-11-12-13-14-15-22(35)36-18-27(4-2)17-20(16-21(27)34)33-19-30-23-24(29)31-26(28)32-25(23)33/h2,19-21,34H,3,5-18H2,1H3,(H2,29,31,32)/t20-,21-,27+/m0/s1. The molecule has 0 aromatic carbocycles. The molecule has 8 nitrogen and oxygen atoms in total. The van der Waals surface area contributed by atoms with Gasteiger partial charge in [0.15, 0.2) is 11.5 Å². The number of carbonyl (C=O) groups excluding carboxylic acids is 1. The molecule has 9 heteroatoms. The van der Waals surface area contributed by atoms with E-state index in [2.05, 4.69) is 27.8 Å². The summed E-state index contributed by atoms with van der Waals surface area (Å²) >= 11 is 0. The van der Waals surface area contributed by atoms with Gasteiger partial charge in [0, 0.05) is 12.5 Å². The fourth-order valence-electron chi connectivity index (χ4n) is 5.08. The van der Waals surface area contributed by atoms with Gasteiger partial charge in [0.1, 0.15) is 12.1 Å². The second-order valence-corrected chi connectivity index (χ2v) is 10.1. The van der Waals surface area contributed by atoms with Gasteiger partial charge in [0.25, 0.3) is 0 Å². The minimum Gasteiger partial charge on any atom is -0.464 e. The molecule has 0 radical (unpaired) electrons. The highest BCUT2D eigenvalue weighted by Gasteiger charge is 2.47. The Balaban J connectivity index is 1.40. The van der Waals surface area contributed by atoms with Crippen molar-refractivity contribution >= 4 is 23.0 Å². The molecule has 1 fully saturated rings. The molecule has 2 aromatic rings. The lowest BCUT2D eigenvalue weighted by molar-refractivity contribution is -0.147. The van der Waals surface area contributed by atoms with Gasteiger partial charge in [-0.15, -0.1) is 6.42 Å². The summed E-state index contributed by atoms with van der Waals surface area (Å²) in [6, 6.07) is -0.292. The van der Waals surface area contributed by atoms with E-state index >= 15 is 0 Å². The summed E-state index contributed by atoms with van der Waals surface area (Å²) in [6.07, 6.45) is 19.8. The van der Waals surface area contributed by atoms with Crippen LogP contribution in [0, 0.1) is 23.8 Å². The number of unbranched alkanes of at least 4 members (excludes halogenated alkanes) is 10. The Bertz CT molecular complexity index is 1040. The van der Waals surface area contributed by atoms with Crippen molar-refractivity contribution in [2.45, 2.75) is 109 Å². The number of esters is 1. The third-order valence-corrected chi connectivity index (χ3v) is 7.31. The fourth-order valence-corrected chi connectivity index (χ4v) is 5.08. The number of carbonyl (C=O) groups is 1. The molecular formula is C27H40FN5O3. The van der Waals surface area contributed by atoms with Gasteiger partial charge in [-0.1, -0.05) is 77.1 Å². The Labute approximate surface area is 213 Å². The van der Waals surface area contributed by atoms with E-state index in [0.29, 0.717) is 24.8 Å². The minimum atomic E-state index is -1.02. The highest BCUT2D eigenvalue weighted by atomic mass is 19.1. The highest BCUT2D eigenvalue weighted by molar-refractivity contribution is 5.81. The molecule has 3 atom stereocenters. The van der Waals surface area contributed by atoms with Gasteiger partial charge in [-0.2, -0.15) is 14.4 Å². The Kier molecular flexibility index (Phi) is 10.5. The Hall–Kier alpha value is -2.73. The number of anilines is 1. The number of hydrogen-bond acceptors (Lipinski definition) is 7.